The van der Waals surface area contributed by atoms with E-state index in [1.54, 1.807) is 0 Å². The fraction of sp³-hybridized carbons (Fsp3) is 0.562. The van der Waals surface area contributed by atoms with Gasteiger partial charge in [-0.25, -0.2) is 0 Å². The summed E-state index contributed by atoms with van der Waals surface area (Å²) in [7, 11) is 0. The lowest BCUT2D eigenvalue weighted by atomic mass is 10.1. The highest BCUT2D eigenvalue weighted by atomic mass is 32.1. The number of nitrogens with zero attached hydrogens (tertiary/aromatic N) is 1. The Morgan fingerprint density at radius 2 is 2.33 bits per heavy atom. The number of carbonyl (C=O) groups is 1. The summed E-state index contributed by atoms with van der Waals surface area (Å²) in [6.07, 6.45) is 0.457. The standard InChI is InChI=1S/C16H21NO3S/c1-12-10-14(21-13(12)6-4-5-8-18)15(19)17-7-9-20-16(2,3)11-17/h10,18H,5,7-9,11H2,1-3H3. The van der Waals surface area contributed by atoms with Crippen LogP contribution in [0.4, 0.5) is 0 Å². The Hall–Kier alpha value is -1.35. The van der Waals surface area contributed by atoms with Crippen LogP contribution in [0.3, 0.4) is 0 Å². The molecule has 1 aromatic rings. The number of ether oxygens (including phenoxy) is 1. The fourth-order valence-electron chi connectivity index (χ4n) is 2.26. The Morgan fingerprint density at radius 3 is 3.00 bits per heavy atom. The third-order valence-electron chi connectivity index (χ3n) is 3.28. The second-order valence-corrected chi connectivity index (χ2v) is 6.79. The first-order chi connectivity index (χ1) is 9.93. The van der Waals surface area contributed by atoms with Crippen LogP contribution in [0.1, 0.15) is 40.4 Å². The van der Waals surface area contributed by atoms with E-state index in [-0.39, 0.29) is 18.1 Å². The molecule has 0 aromatic carbocycles. The van der Waals surface area contributed by atoms with E-state index in [1.165, 1.54) is 11.3 Å². The van der Waals surface area contributed by atoms with Crippen molar-refractivity contribution in [2.75, 3.05) is 26.3 Å². The minimum atomic E-state index is -0.288. The van der Waals surface area contributed by atoms with E-state index in [1.807, 2.05) is 31.7 Å². The number of hydrogen-bond donors (Lipinski definition) is 1. The molecule has 0 spiro atoms. The molecule has 0 bridgehead atoms. The molecule has 1 fully saturated rings. The summed E-state index contributed by atoms with van der Waals surface area (Å²) in [6.45, 7) is 7.83. The van der Waals surface area contributed by atoms with Crippen LogP contribution in [0, 0.1) is 18.8 Å². The molecule has 0 atom stereocenters. The van der Waals surface area contributed by atoms with Crippen molar-refractivity contribution in [3.63, 3.8) is 0 Å². The van der Waals surface area contributed by atoms with Gasteiger partial charge in [-0.3, -0.25) is 4.79 Å². The maximum absolute atomic E-state index is 12.6. The summed E-state index contributed by atoms with van der Waals surface area (Å²) in [5.41, 5.74) is 0.727. The number of aliphatic hydroxyl groups excluding tert-OH is 1. The summed E-state index contributed by atoms with van der Waals surface area (Å²) < 4.78 is 5.64. The molecule has 1 amide bonds. The Bertz CT molecular complexity index is 580. The molecule has 0 saturated carbocycles. The molecule has 1 aromatic heterocycles. The fourth-order valence-corrected chi connectivity index (χ4v) is 3.27. The number of aryl methyl sites for hydroxylation is 1. The molecule has 1 aliphatic heterocycles. The van der Waals surface area contributed by atoms with Crippen molar-refractivity contribution in [2.45, 2.75) is 32.8 Å². The summed E-state index contributed by atoms with van der Waals surface area (Å²) in [4.78, 5) is 16.0. The minimum Gasteiger partial charge on any atom is -0.395 e. The van der Waals surface area contributed by atoms with Crippen LogP contribution in [-0.4, -0.2) is 47.8 Å². The second kappa shape index (κ2) is 6.61. The lowest BCUT2D eigenvalue weighted by Crippen LogP contribution is -2.50. The second-order valence-electron chi connectivity index (χ2n) is 5.73. The van der Waals surface area contributed by atoms with Gasteiger partial charge in [-0.2, -0.15) is 0 Å². The first kappa shape index (κ1) is 16.0. The third kappa shape index (κ3) is 4.07. The van der Waals surface area contributed by atoms with Gasteiger partial charge in [0.25, 0.3) is 5.91 Å². The largest absolute Gasteiger partial charge is 0.395 e. The van der Waals surface area contributed by atoms with Crippen LogP contribution in [-0.2, 0) is 4.74 Å². The first-order valence-corrected chi connectivity index (χ1v) is 7.88. The van der Waals surface area contributed by atoms with Crippen LogP contribution in [0.5, 0.6) is 0 Å². The van der Waals surface area contributed by atoms with E-state index in [0.29, 0.717) is 26.1 Å². The highest BCUT2D eigenvalue weighted by Crippen LogP contribution is 2.25. The predicted molar refractivity (Wildman–Crippen MR) is 83.6 cm³/mol. The molecular weight excluding hydrogens is 286 g/mol. The third-order valence-corrected chi connectivity index (χ3v) is 4.42. The molecule has 21 heavy (non-hydrogen) atoms. The number of hydrogen-bond acceptors (Lipinski definition) is 4. The zero-order valence-electron chi connectivity index (χ0n) is 12.7. The van der Waals surface area contributed by atoms with Gasteiger partial charge in [-0.1, -0.05) is 11.8 Å². The van der Waals surface area contributed by atoms with Crippen LogP contribution in [0.15, 0.2) is 6.07 Å². The van der Waals surface area contributed by atoms with Crippen LogP contribution in [0.2, 0.25) is 0 Å². The Labute approximate surface area is 129 Å². The summed E-state index contributed by atoms with van der Waals surface area (Å²) in [5, 5.41) is 8.75. The first-order valence-electron chi connectivity index (χ1n) is 7.06. The van der Waals surface area contributed by atoms with Gasteiger partial charge in [0.05, 0.1) is 28.6 Å². The average molecular weight is 307 g/mol. The van der Waals surface area contributed by atoms with Crippen molar-refractivity contribution >= 4 is 17.2 Å². The van der Waals surface area contributed by atoms with Gasteiger partial charge in [0.2, 0.25) is 0 Å². The van der Waals surface area contributed by atoms with Gasteiger partial charge >= 0.3 is 0 Å². The minimum absolute atomic E-state index is 0.0506. The van der Waals surface area contributed by atoms with E-state index in [0.717, 1.165) is 15.3 Å². The Balaban J connectivity index is 2.13. The van der Waals surface area contributed by atoms with Gasteiger partial charge in [0.1, 0.15) is 0 Å². The van der Waals surface area contributed by atoms with Crippen molar-refractivity contribution in [3.05, 3.63) is 21.4 Å². The topological polar surface area (TPSA) is 49.8 Å². The van der Waals surface area contributed by atoms with E-state index < -0.39 is 0 Å². The normalized spacial score (nSPS) is 17.2. The Morgan fingerprint density at radius 1 is 1.57 bits per heavy atom. The van der Waals surface area contributed by atoms with Gasteiger partial charge < -0.3 is 14.7 Å². The highest BCUT2D eigenvalue weighted by molar-refractivity contribution is 7.14. The summed E-state index contributed by atoms with van der Waals surface area (Å²) in [5.74, 6) is 5.97. The quantitative estimate of drug-likeness (QED) is 0.851. The molecule has 114 valence electrons. The molecule has 1 aliphatic rings. The zero-order chi connectivity index (χ0) is 15.5. The van der Waals surface area contributed by atoms with Crippen LogP contribution >= 0.6 is 11.3 Å². The molecule has 0 aliphatic carbocycles. The van der Waals surface area contributed by atoms with Crippen molar-refractivity contribution < 1.29 is 14.6 Å². The van der Waals surface area contributed by atoms with Crippen LogP contribution in [0.25, 0.3) is 0 Å². The smallest absolute Gasteiger partial charge is 0.264 e. The lowest BCUT2D eigenvalue weighted by molar-refractivity contribution is -0.0763. The number of rotatable bonds is 2. The zero-order valence-corrected chi connectivity index (χ0v) is 13.5. The number of amides is 1. The van der Waals surface area contributed by atoms with Gasteiger partial charge in [0, 0.05) is 19.5 Å². The monoisotopic (exact) mass is 307 g/mol. The SMILES string of the molecule is Cc1cc(C(=O)N2CCOC(C)(C)C2)sc1C#CCCO. The average Bonchev–Trinajstić information content (AvgIpc) is 2.79. The Kier molecular flexibility index (Phi) is 5.04. The van der Waals surface area contributed by atoms with Gasteiger partial charge in [-0.05, 0) is 32.4 Å². The molecular formula is C16H21NO3S. The van der Waals surface area contributed by atoms with Gasteiger partial charge in [0.15, 0.2) is 0 Å². The number of morpholine rings is 1. The van der Waals surface area contributed by atoms with Crippen molar-refractivity contribution in [3.8, 4) is 11.8 Å². The summed E-state index contributed by atoms with van der Waals surface area (Å²) in [6, 6.07) is 1.90. The van der Waals surface area contributed by atoms with E-state index in [2.05, 4.69) is 11.8 Å². The van der Waals surface area contributed by atoms with Crippen molar-refractivity contribution in [1.82, 2.24) is 4.90 Å². The number of carbonyl (C=O) groups excluding carboxylic acids is 1. The van der Waals surface area contributed by atoms with E-state index in [4.69, 9.17) is 9.84 Å². The maximum Gasteiger partial charge on any atom is 0.264 e. The number of aliphatic hydroxyl groups is 1. The molecule has 1 N–H and O–H groups in total. The molecule has 1 saturated heterocycles. The van der Waals surface area contributed by atoms with Crippen LogP contribution < -0.4 is 0 Å². The predicted octanol–water partition coefficient (Wildman–Crippen LogP) is 2.04. The highest BCUT2D eigenvalue weighted by Gasteiger charge is 2.31. The molecule has 0 unspecified atom stereocenters. The molecule has 2 heterocycles. The molecule has 0 radical (unpaired) electrons. The molecule has 4 nitrogen and oxygen atoms in total. The van der Waals surface area contributed by atoms with E-state index in [9.17, 15) is 4.79 Å². The van der Waals surface area contributed by atoms with Crippen molar-refractivity contribution in [1.29, 1.82) is 0 Å². The lowest BCUT2D eigenvalue weighted by Gasteiger charge is -2.37. The summed E-state index contributed by atoms with van der Waals surface area (Å²) >= 11 is 1.42. The molecule has 5 heteroatoms. The number of thiophene rings is 1. The molecule has 2 rings (SSSR count). The van der Waals surface area contributed by atoms with E-state index >= 15 is 0 Å². The van der Waals surface area contributed by atoms with Gasteiger partial charge in [-0.15, -0.1) is 11.3 Å². The van der Waals surface area contributed by atoms with Crippen molar-refractivity contribution in [2.24, 2.45) is 0 Å². The maximum atomic E-state index is 12.6.